The molecule has 2 aromatic carbocycles. The molecule has 2 aromatic rings. The predicted molar refractivity (Wildman–Crippen MR) is 98.1 cm³/mol. The third-order valence-electron chi connectivity index (χ3n) is 3.71. The molecule has 0 bridgehead atoms. The molecule has 0 amide bonds. The van der Waals surface area contributed by atoms with E-state index >= 15 is 0 Å². The second kappa shape index (κ2) is 8.48. The topological polar surface area (TPSA) is 55.8 Å². The number of rotatable bonds is 8. The van der Waals surface area contributed by atoms with Crippen LogP contribution in [0.4, 0.5) is 0 Å². The maximum atomic E-state index is 12.6. The normalized spacial score (nSPS) is 13.5. The lowest BCUT2D eigenvalue weighted by molar-refractivity contribution is 0.279. The van der Waals surface area contributed by atoms with E-state index in [0.717, 1.165) is 24.0 Å². The van der Waals surface area contributed by atoms with E-state index in [2.05, 4.69) is 6.92 Å². The summed E-state index contributed by atoms with van der Waals surface area (Å²) in [5, 5.41) is 0.221. The van der Waals surface area contributed by atoms with Crippen molar-refractivity contribution in [2.24, 2.45) is 0 Å². The van der Waals surface area contributed by atoms with Gasteiger partial charge in [-0.25, -0.2) is 0 Å². The summed E-state index contributed by atoms with van der Waals surface area (Å²) in [5.41, 5.74) is 3.01. The fraction of sp³-hybridized carbons (Fsp3) is 0.368. The summed E-state index contributed by atoms with van der Waals surface area (Å²) in [5.74, 6) is 0.415. The van der Waals surface area contributed by atoms with Crippen LogP contribution in [0.1, 0.15) is 32.3 Å². The number of aryl methyl sites for hydroxylation is 1. The standard InChI is InChI=1S/C19H25O4P/c1-4-6-13-22-18-12-11-17(16-9-7-15(3)8-10-16)14-19(18)24(20,21)23-5-2/h7-12,14H,4-6,13H2,1-3H3,(H,20,21). The molecule has 0 aromatic heterocycles. The number of hydrogen-bond donors (Lipinski definition) is 1. The van der Waals surface area contributed by atoms with Crippen molar-refractivity contribution in [1.82, 2.24) is 0 Å². The molecule has 0 saturated carbocycles. The van der Waals surface area contributed by atoms with E-state index < -0.39 is 7.60 Å². The Bertz CT molecular complexity index is 710. The molecule has 1 unspecified atom stereocenters. The van der Waals surface area contributed by atoms with Gasteiger partial charge in [-0.05, 0) is 43.5 Å². The Labute approximate surface area is 144 Å². The molecule has 0 aliphatic rings. The summed E-state index contributed by atoms with van der Waals surface area (Å²) in [6.07, 6.45) is 1.89. The molecule has 2 rings (SSSR count). The maximum Gasteiger partial charge on any atom is 0.362 e. The largest absolute Gasteiger partial charge is 0.493 e. The first-order chi connectivity index (χ1) is 11.5. The summed E-state index contributed by atoms with van der Waals surface area (Å²) in [7, 11) is -3.91. The second-order valence-corrected chi connectivity index (χ2v) is 7.47. The number of unbranched alkanes of at least 4 members (excludes halogenated alkanes) is 1. The number of ether oxygens (including phenoxy) is 1. The van der Waals surface area contributed by atoms with Gasteiger partial charge in [-0.2, -0.15) is 0 Å². The molecule has 0 aliphatic carbocycles. The van der Waals surface area contributed by atoms with Crippen molar-refractivity contribution in [1.29, 1.82) is 0 Å². The zero-order chi connectivity index (χ0) is 17.6. The van der Waals surface area contributed by atoms with E-state index in [0.29, 0.717) is 12.4 Å². The summed E-state index contributed by atoms with van der Waals surface area (Å²) in [4.78, 5) is 10.3. The molecule has 4 nitrogen and oxygen atoms in total. The highest BCUT2D eigenvalue weighted by Gasteiger charge is 2.27. The Morgan fingerprint density at radius 2 is 1.71 bits per heavy atom. The number of hydrogen-bond acceptors (Lipinski definition) is 3. The molecule has 0 aliphatic heterocycles. The fourth-order valence-electron chi connectivity index (χ4n) is 2.36. The Kier molecular flexibility index (Phi) is 6.61. The van der Waals surface area contributed by atoms with Gasteiger partial charge < -0.3 is 14.2 Å². The molecule has 0 radical (unpaired) electrons. The van der Waals surface area contributed by atoms with Crippen LogP contribution < -0.4 is 10.0 Å². The highest BCUT2D eigenvalue weighted by Crippen LogP contribution is 2.44. The third kappa shape index (κ3) is 4.70. The maximum absolute atomic E-state index is 12.6. The molecule has 0 spiro atoms. The quantitative estimate of drug-likeness (QED) is 0.555. The Hall–Kier alpha value is -1.61. The van der Waals surface area contributed by atoms with Crippen LogP contribution in [-0.4, -0.2) is 18.1 Å². The van der Waals surface area contributed by atoms with Crippen molar-refractivity contribution in [2.45, 2.75) is 33.6 Å². The fourth-order valence-corrected chi connectivity index (χ4v) is 3.57. The first-order valence-corrected chi connectivity index (χ1v) is 9.87. The first-order valence-electron chi connectivity index (χ1n) is 8.29. The molecule has 0 saturated heterocycles. The van der Waals surface area contributed by atoms with Crippen molar-refractivity contribution >= 4 is 12.9 Å². The van der Waals surface area contributed by atoms with E-state index in [-0.39, 0.29) is 11.9 Å². The zero-order valence-corrected chi connectivity index (χ0v) is 15.4. The van der Waals surface area contributed by atoms with Crippen LogP contribution >= 0.6 is 7.60 Å². The summed E-state index contributed by atoms with van der Waals surface area (Å²) in [6, 6.07) is 13.4. The first kappa shape index (κ1) is 18.7. The van der Waals surface area contributed by atoms with Gasteiger partial charge in [-0.15, -0.1) is 0 Å². The van der Waals surface area contributed by atoms with E-state index in [4.69, 9.17) is 9.26 Å². The van der Waals surface area contributed by atoms with Crippen LogP contribution in [0, 0.1) is 6.92 Å². The molecule has 1 N–H and O–H groups in total. The van der Waals surface area contributed by atoms with Crippen LogP contribution in [0.2, 0.25) is 0 Å². The molecular formula is C19H25O4P. The summed E-state index contributed by atoms with van der Waals surface area (Å²) < 4.78 is 23.4. The minimum Gasteiger partial charge on any atom is -0.493 e. The van der Waals surface area contributed by atoms with Crippen LogP contribution in [0.5, 0.6) is 5.75 Å². The second-order valence-electron chi connectivity index (χ2n) is 5.69. The van der Waals surface area contributed by atoms with Crippen LogP contribution in [0.25, 0.3) is 11.1 Å². The highest BCUT2D eigenvalue weighted by molar-refractivity contribution is 7.61. The van der Waals surface area contributed by atoms with Gasteiger partial charge in [0.15, 0.2) is 0 Å². The average Bonchev–Trinajstić information content (AvgIpc) is 2.56. The van der Waals surface area contributed by atoms with Crippen LogP contribution in [0.15, 0.2) is 42.5 Å². The van der Waals surface area contributed by atoms with Gasteiger partial charge in [0, 0.05) is 0 Å². The summed E-state index contributed by atoms with van der Waals surface area (Å²) >= 11 is 0. The zero-order valence-electron chi connectivity index (χ0n) is 14.5. The minimum absolute atomic E-state index is 0.164. The van der Waals surface area contributed by atoms with Crippen LogP contribution in [-0.2, 0) is 9.09 Å². The van der Waals surface area contributed by atoms with Crippen molar-refractivity contribution in [3.63, 3.8) is 0 Å². The van der Waals surface area contributed by atoms with Gasteiger partial charge in [-0.1, -0.05) is 49.2 Å². The lowest BCUT2D eigenvalue weighted by Crippen LogP contribution is -2.13. The number of benzene rings is 2. The molecule has 0 heterocycles. The Balaban J connectivity index is 2.42. The van der Waals surface area contributed by atoms with Crippen molar-refractivity contribution in [3.05, 3.63) is 48.0 Å². The van der Waals surface area contributed by atoms with E-state index in [1.54, 1.807) is 19.1 Å². The molecule has 5 heteroatoms. The average molecular weight is 348 g/mol. The van der Waals surface area contributed by atoms with Gasteiger partial charge in [0.05, 0.1) is 13.2 Å². The third-order valence-corrected chi connectivity index (χ3v) is 5.27. The van der Waals surface area contributed by atoms with Gasteiger partial charge in [0.1, 0.15) is 11.1 Å². The molecule has 24 heavy (non-hydrogen) atoms. The lowest BCUT2D eigenvalue weighted by Gasteiger charge is -2.17. The lowest BCUT2D eigenvalue weighted by atomic mass is 10.0. The molecule has 130 valence electrons. The van der Waals surface area contributed by atoms with Gasteiger partial charge in [0.2, 0.25) is 0 Å². The highest BCUT2D eigenvalue weighted by atomic mass is 31.2. The SMILES string of the molecule is CCCCOc1ccc(-c2ccc(C)cc2)cc1P(=O)(O)OCC. The predicted octanol–water partition coefficient (Wildman–Crippen LogP) is 4.69. The van der Waals surface area contributed by atoms with E-state index in [1.807, 2.05) is 37.3 Å². The van der Waals surface area contributed by atoms with Crippen molar-refractivity contribution < 1.29 is 18.7 Å². The van der Waals surface area contributed by atoms with Crippen molar-refractivity contribution in [3.8, 4) is 16.9 Å². The van der Waals surface area contributed by atoms with Gasteiger partial charge in [0.25, 0.3) is 0 Å². The van der Waals surface area contributed by atoms with Gasteiger partial charge in [-0.3, -0.25) is 4.57 Å². The minimum atomic E-state index is -3.91. The molecule has 0 fully saturated rings. The Morgan fingerprint density at radius 3 is 2.33 bits per heavy atom. The molecular weight excluding hydrogens is 323 g/mol. The smallest absolute Gasteiger partial charge is 0.362 e. The van der Waals surface area contributed by atoms with Gasteiger partial charge >= 0.3 is 7.60 Å². The van der Waals surface area contributed by atoms with E-state index in [1.165, 1.54) is 5.56 Å². The van der Waals surface area contributed by atoms with Crippen molar-refractivity contribution in [2.75, 3.05) is 13.2 Å². The monoisotopic (exact) mass is 348 g/mol. The molecule has 1 atom stereocenters. The summed E-state index contributed by atoms with van der Waals surface area (Å²) in [6.45, 7) is 6.47. The van der Waals surface area contributed by atoms with E-state index in [9.17, 15) is 9.46 Å². The Morgan fingerprint density at radius 1 is 1.04 bits per heavy atom. The van der Waals surface area contributed by atoms with Crippen LogP contribution in [0.3, 0.4) is 0 Å².